The molecule has 13 heavy (non-hydrogen) atoms. The van der Waals surface area contributed by atoms with E-state index in [4.69, 9.17) is 0 Å². The fourth-order valence-corrected chi connectivity index (χ4v) is 1.59. The Labute approximate surface area is 78.0 Å². The minimum Gasteiger partial charge on any atom is -0.312 e. The fraction of sp³-hybridized carbons (Fsp3) is 0.111. The van der Waals surface area contributed by atoms with Crippen LogP contribution in [-0.4, -0.2) is 15.6 Å². The van der Waals surface area contributed by atoms with Crippen molar-refractivity contribution in [3.05, 3.63) is 29.6 Å². The van der Waals surface area contributed by atoms with E-state index >= 15 is 0 Å². The number of imidazole rings is 1. The lowest BCUT2D eigenvalue weighted by molar-refractivity contribution is 0.112. The summed E-state index contributed by atoms with van der Waals surface area (Å²) in [5.74, 6) is 0.919. The minimum atomic E-state index is 0.663. The zero-order valence-corrected chi connectivity index (χ0v) is 8.34. The van der Waals surface area contributed by atoms with Crippen LogP contribution in [0.5, 0.6) is 0 Å². The molecule has 0 N–H and O–H groups in total. The summed E-state index contributed by atoms with van der Waals surface area (Å²) in [5.41, 5.74) is 2.54. The van der Waals surface area contributed by atoms with Crippen LogP contribution in [0, 0.1) is 6.92 Å². The molecule has 0 saturated heterocycles. The van der Waals surface area contributed by atoms with Gasteiger partial charge in [-0.3, -0.25) is 4.79 Å². The molecule has 0 spiro atoms. The summed E-state index contributed by atoms with van der Waals surface area (Å²) in [6.07, 6.45) is 0.830. The van der Waals surface area contributed by atoms with E-state index < -0.39 is 0 Å². The molecule has 0 amide bonds. The van der Waals surface area contributed by atoms with Crippen LogP contribution in [0.25, 0.3) is 11.0 Å². The van der Waals surface area contributed by atoms with Gasteiger partial charge in [0.25, 0.3) is 0 Å². The average molecular weight is 192 g/mol. The van der Waals surface area contributed by atoms with Gasteiger partial charge in [0.05, 0.1) is 11.0 Å². The van der Waals surface area contributed by atoms with E-state index in [-0.39, 0.29) is 0 Å². The number of aryl methyl sites for hydroxylation is 1. The lowest BCUT2D eigenvalue weighted by Gasteiger charge is -1.95. The Hall–Kier alpha value is -1.21. The van der Waals surface area contributed by atoms with Crippen molar-refractivity contribution in [2.24, 2.45) is 0 Å². The van der Waals surface area contributed by atoms with Gasteiger partial charge in [-0.25, -0.2) is 4.98 Å². The molecule has 66 valence electrons. The van der Waals surface area contributed by atoms with E-state index in [0.29, 0.717) is 5.56 Å². The summed E-state index contributed by atoms with van der Waals surface area (Å²) < 4.78 is 1.92. The molecule has 1 aromatic carbocycles. The Morgan fingerprint density at radius 2 is 2.31 bits per heavy atom. The van der Waals surface area contributed by atoms with Crippen LogP contribution in [-0.2, 0) is 0 Å². The number of hydrogen-bond donors (Lipinski definition) is 0. The van der Waals surface area contributed by atoms with Crippen LogP contribution in [0.3, 0.4) is 0 Å². The van der Waals surface area contributed by atoms with E-state index in [1.165, 1.54) is 0 Å². The van der Waals surface area contributed by atoms with Crippen molar-refractivity contribution in [2.75, 3.05) is 0 Å². The monoisotopic (exact) mass is 192 g/mol. The zero-order chi connectivity index (χ0) is 9.42. The smallest absolute Gasteiger partial charge is 0.150 e. The predicted molar refractivity (Wildman–Crippen MR) is 55.0 cm³/mol. The van der Waals surface area contributed by atoms with Crippen LogP contribution in [0.4, 0.5) is 0 Å². The topological polar surface area (TPSA) is 34.9 Å². The molecule has 1 unspecified atom stereocenters. The molecule has 0 bridgehead atoms. The van der Waals surface area contributed by atoms with Crippen molar-refractivity contribution in [1.29, 1.82) is 0 Å². The van der Waals surface area contributed by atoms with Gasteiger partial charge < -0.3 is 4.34 Å². The van der Waals surface area contributed by atoms with Crippen LogP contribution in [0.15, 0.2) is 18.2 Å². The van der Waals surface area contributed by atoms with Crippen molar-refractivity contribution in [1.82, 2.24) is 9.32 Å². The molecule has 0 fully saturated rings. The minimum absolute atomic E-state index is 0.663. The molecule has 0 aliphatic rings. The van der Waals surface area contributed by atoms with Crippen molar-refractivity contribution >= 4 is 26.7 Å². The van der Waals surface area contributed by atoms with Gasteiger partial charge in [0, 0.05) is 5.56 Å². The number of fused-ring (bicyclic) bond motifs is 1. The highest BCUT2D eigenvalue weighted by Crippen LogP contribution is 2.18. The van der Waals surface area contributed by atoms with Gasteiger partial charge in [0.1, 0.15) is 12.1 Å². The lowest BCUT2D eigenvalue weighted by Crippen LogP contribution is -1.82. The molecule has 1 atom stereocenters. The van der Waals surface area contributed by atoms with E-state index in [1.54, 1.807) is 12.1 Å². The third-order valence-electron chi connectivity index (χ3n) is 2.03. The third-order valence-corrected chi connectivity index (χ3v) is 2.68. The molecular formula is C9H9N2OP. The second-order valence-electron chi connectivity index (χ2n) is 2.90. The number of carbonyl (C=O) groups is 1. The highest BCUT2D eigenvalue weighted by Gasteiger charge is 2.03. The standard InChI is InChI=1S/C9H9N2OP/c1-6-10-8-4-7(5-12)2-3-9(8)11(6)13/h2-5H,13H2,1H3. The average Bonchev–Trinajstić information content (AvgIpc) is 2.42. The maximum Gasteiger partial charge on any atom is 0.150 e. The van der Waals surface area contributed by atoms with Crippen LogP contribution >= 0.6 is 9.39 Å². The maximum absolute atomic E-state index is 10.5. The SMILES string of the molecule is Cc1nc2cc(C=O)ccc2n1P. The molecular weight excluding hydrogens is 183 g/mol. The van der Waals surface area contributed by atoms with E-state index in [9.17, 15) is 4.79 Å². The molecule has 4 heteroatoms. The molecule has 1 aromatic heterocycles. The van der Waals surface area contributed by atoms with Gasteiger partial charge in [0.2, 0.25) is 0 Å². The number of aldehydes is 1. The number of hydrogen-bond acceptors (Lipinski definition) is 2. The van der Waals surface area contributed by atoms with Gasteiger partial charge in [-0.15, -0.1) is 0 Å². The molecule has 1 heterocycles. The van der Waals surface area contributed by atoms with Gasteiger partial charge in [-0.05, 0) is 34.5 Å². The number of carbonyl (C=O) groups excluding carboxylic acids is 1. The Balaban J connectivity index is 2.79. The third kappa shape index (κ3) is 1.25. The largest absolute Gasteiger partial charge is 0.312 e. The first kappa shape index (κ1) is 8.39. The van der Waals surface area contributed by atoms with Crippen LogP contribution in [0.1, 0.15) is 16.2 Å². The van der Waals surface area contributed by atoms with Gasteiger partial charge >= 0.3 is 0 Å². The first-order valence-corrected chi connectivity index (χ1v) is 4.43. The second-order valence-corrected chi connectivity index (χ2v) is 3.41. The summed E-state index contributed by atoms with van der Waals surface area (Å²) in [6, 6.07) is 5.47. The predicted octanol–water partition coefficient (Wildman–Crippen LogP) is 1.80. The highest BCUT2D eigenvalue weighted by molar-refractivity contribution is 7.15. The number of aromatic nitrogens is 2. The molecule has 2 rings (SSSR count). The molecule has 3 nitrogen and oxygen atoms in total. The molecule has 2 aromatic rings. The van der Waals surface area contributed by atoms with E-state index in [0.717, 1.165) is 23.1 Å². The zero-order valence-electron chi connectivity index (χ0n) is 7.19. The lowest BCUT2D eigenvalue weighted by atomic mass is 10.2. The van der Waals surface area contributed by atoms with Crippen LogP contribution in [0.2, 0.25) is 0 Å². The fourth-order valence-electron chi connectivity index (χ4n) is 1.31. The Morgan fingerprint density at radius 1 is 1.54 bits per heavy atom. The van der Waals surface area contributed by atoms with Crippen molar-refractivity contribution in [3.63, 3.8) is 0 Å². The summed E-state index contributed by atoms with van der Waals surface area (Å²) >= 11 is 0. The maximum atomic E-state index is 10.5. The molecule has 0 aliphatic heterocycles. The van der Waals surface area contributed by atoms with Crippen molar-refractivity contribution < 1.29 is 4.79 Å². The summed E-state index contributed by atoms with van der Waals surface area (Å²) in [6.45, 7) is 1.92. The highest BCUT2D eigenvalue weighted by atomic mass is 31.0. The molecule has 0 radical (unpaired) electrons. The first-order chi connectivity index (χ1) is 6.22. The summed E-state index contributed by atoms with van der Waals surface area (Å²) in [5, 5.41) is 0. The normalized spacial score (nSPS) is 10.6. The number of rotatable bonds is 1. The van der Waals surface area contributed by atoms with Crippen molar-refractivity contribution in [3.8, 4) is 0 Å². The number of nitrogens with zero attached hydrogens (tertiary/aromatic N) is 2. The Morgan fingerprint density at radius 3 is 3.00 bits per heavy atom. The van der Waals surface area contributed by atoms with Crippen LogP contribution < -0.4 is 0 Å². The quantitative estimate of drug-likeness (QED) is 0.510. The van der Waals surface area contributed by atoms with Gasteiger partial charge in [-0.2, -0.15) is 0 Å². The molecule has 0 aliphatic carbocycles. The van der Waals surface area contributed by atoms with E-state index in [2.05, 4.69) is 14.4 Å². The first-order valence-electron chi connectivity index (χ1n) is 3.92. The van der Waals surface area contributed by atoms with Gasteiger partial charge in [-0.1, -0.05) is 0 Å². The Bertz CT molecular complexity index is 476. The summed E-state index contributed by atoms with van der Waals surface area (Å²) in [7, 11) is 2.59. The van der Waals surface area contributed by atoms with E-state index in [1.807, 2.05) is 17.3 Å². The molecule has 0 saturated carbocycles. The van der Waals surface area contributed by atoms with Crippen molar-refractivity contribution in [2.45, 2.75) is 6.92 Å². The summed E-state index contributed by atoms with van der Waals surface area (Å²) in [4.78, 5) is 14.8. The number of benzene rings is 1. The second kappa shape index (κ2) is 2.93. The Kier molecular flexibility index (Phi) is 1.89. The van der Waals surface area contributed by atoms with Gasteiger partial charge in [0.15, 0.2) is 0 Å².